The van der Waals surface area contributed by atoms with Gasteiger partial charge in [-0.2, -0.15) is 15.6 Å². The van der Waals surface area contributed by atoms with Gasteiger partial charge in [0.2, 0.25) is 5.71 Å². The lowest BCUT2D eigenvalue weighted by Gasteiger charge is -2.02. The lowest BCUT2D eigenvalue weighted by atomic mass is 10.1. The van der Waals surface area contributed by atoms with E-state index in [2.05, 4.69) is 10.5 Å². The molecule has 0 spiro atoms. The molecule has 0 bridgehead atoms. The van der Waals surface area contributed by atoms with E-state index in [1.807, 2.05) is 0 Å². The van der Waals surface area contributed by atoms with Crippen LogP contribution in [-0.4, -0.2) is 5.71 Å². The first-order valence-electron chi connectivity index (χ1n) is 5.06. The molecule has 0 unspecified atom stereocenters. The largest absolute Gasteiger partial charge is 0.276 e. The number of hydrazone groups is 1. The molecule has 0 amide bonds. The van der Waals surface area contributed by atoms with Crippen molar-refractivity contribution < 1.29 is 4.39 Å². The topological polar surface area (TPSA) is 72.0 Å². The second kappa shape index (κ2) is 4.94. The van der Waals surface area contributed by atoms with Gasteiger partial charge in [0.25, 0.3) is 0 Å². The van der Waals surface area contributed by atoms with Gasteiger partial charge in [0, 0.05) is 0 Å². The number of benzene rings is 2. The molecule has 86 valence electrons. The number of halogens is 1. The minimum absolute atomic E-state index is 0.255. The van der Waals surface area contributed by atoms with Gasteiger partial charge in [-0.3, -0.25) is 5.43 Å². The average molecular weight is 238 g/mol. The highest BCUT2D eigenvalue weighted by Crippen LogP contribution is 2.20. The Balaban J connectivity index is 2.32. The molecule has 18 heavy (non-hydrogen) atoms. The molecule has 0 heterocycles. The molecule has 2 aromatic rings. The SMILES string of the molecule is N#CC(C#N)=NNc1ccc2cc(F)ccc2c1. The summed E-state index contributed by atoms with van der Waals surface area (Å²) < 4.78 is 13.0. The maximum atomic E-state index is 13.0. The van der Waals surface area contributed by atoms with Gasteiger partial charge in [0.05, 0.1) is 5.69 Å². The van der Waals surface area contributed by atoms with Crippen molar-refractivity contribution in [2.45, 2.75) is 0 Å². The summed E-state index contributed by atoms with van der Waals surface area (Å²) in [6.07, 6.45) is 0. The van der Waals surface area contributed by atoms with Crippen LogP contribution in [0.15, 0.2) is 41.5 Å². The van der Waals surface area contributed by atoms with Crippen molar-refractivity contribution in [3.05, 3.63) is 42.2 Å². The monoisotopic (exact) mass is 238 g/mol. The van der Waals surface area contributed by atoms with Crippen LogP contribution < -0.4 is 5.43 Å². The molecule has 0 radical (unpaired) electrons. The zero-order valence-corrected chi connectivity index (χ0v) is 9.18. The Morgan fingerprint density at radius 3 is 2.44 bits per heavy atom. The van der Waals surface area contributed by atoms with E-state index in [4.69, 9.17) is 10.5 Å². The second-order valence-electron chi connectivity index (χ2n) is 3.50. The molecule has 4 nitrogen and oxygen atoms in total. The highest BCUT2D eigenvalue weighted by Gasteiger charge is 1.98. The van der Waals surface area contributed by atoms with E-state index in [-0.39, 0.29) is 11.5 Å². The van der Waals surface area contributed by atoms with Gasteiger partial charge in [0.1, 0.15) is 18.0 Å². The molecule has 0 saturated heterocycles. The van der Waals surface area contributed by atoms with Crippen LogP contribution in [0, 0.1) is 28.5 Å². The first-order valence-corrected chi connectivity index (χ1v) is 5.06. The highest BCUT2D eigenvalue weighted by atomic mass is 19.1. The summed E-state index contributed by atoms with van der Waals surface area (Å²) in [4.78, 5) is 0. The third-order valence-corrected chi connectivity index (χ3v) is 2.31. The molecule has 0 saturated carbocycles. The Kier molecular flexibility index (Phi) is 3.17. The zero-order chi connectivity index (χ0) is 13.0. The van der Waals surface area contributed by atoms with Crippen LogP contribution >= 0.6 is 0 Å². The molecule has 0 aliphatic heterocycles. The summed E-state index contributed by atoms with van der Waals surface area (Å²) in [5.41, 5.74) is 2.97. The molecule has 2 aromatic carbocycles. The molecule has 1 N–H and O–H groups in total. The number of nitrogens with one attached hydrogen (secondary N) is 1. The first-order chi connectivity index (χ1) is 8.72. The summed E-state index contributed by atoms with van der Waals surface area (Å²) in [5, 5.41) is 22.3. The minimum atomic E-state index is -0.294. The van der Waals surface area contributed by atoms with Gasteiger partial charge >= 0.3 is 0 Å². The molecule has 0 aliphatic rings. The quantitative estimate of drug-likeness (QED) is 0.645. The lowest BCUT2D eigenvalue weighted by molar-refractivity contribution is 0.630. The molecular formula is C13H7FN4. The molecule has 2 rings (SSSR count). The molecule has 0 aliphatic carbocycles. The van der Waals surface area contributed by atoms with E-state index in [1.165, 1.54) is 12.1 Å². The van der Waals surface area contributed by atoms with E-state index >= 15 is 0 Å². The van der Waals surface area contributed by atoms with E-state index in [9.17, 15) is 4.39 Å². The van der Waals surface area contributed by atoms with E-state index in [1.54, 1.807) is 36.4 Å². The van der Waals surface area contributed by atoms with Crippen molar-refractivity contribution in [1.29, 1.82) is 10.5 Å². The molecule has 0 atom stereocenters. The van der Waals surface area contributed by atoms with Gasteiger partial charge in [-0.25, -0.2) is 4.39 Å². The predicted molar refractivity (Wildman–Crippen MR) is 66.2 cm³/mol. The fourth-order valence-electron chi connectivity index (χ4n) is 1.48. The van der Waals surface area contributed by atoms with Crippen molar-refractivity contribution in [2.24, 2.45) is 5.10 Å². The van der Waals surface area contributed by atoms with Crippen molar-refractivity contribution >= 4 is 22.2 Å². The van der Waals surface area contributed by atoms with Crippen molar-refractivity contribution in [2.75, 3.05) is 5.43 Å². The number of rotatable bonds is 2. The van der Waals surface area contributed by atoms with Crippen molar-refractivity contribution in [3.8, 4) is 12.1 Å². The van der Waals surface area contributed by atoms with Gasteiger partial charge in [0.15, 0.2) is 0 Å². The number of fused-ring (bicyclic) bond motifs is 1. The molecule has 0 fully saturated rings. The van der Waals surface area contributed by atoms with Crippen LogP contribution in [0.25, 0.3) is 10.8 Å². The van der Waals surface area contributed by atoms with Crippen LogP contribution in [0.2, 0.25) is 0 Å². The van der Waals surface area contributed by atoms with Crippen LogP contribution in [0.3, 0.4) is 0 Å². The fraction of sp³-hybridized carbons (Fsp3) is 0. The Labute approximate surface area is 103 Å². The van der Waals surface area contributed by atoms with Crippen LogP contribution in [-0.2, 0) is 0 Å². The predicted octanol–water partition coefficient (Wildman–Crippen LogP) is 2.79. The van der Waals surface area contributed by atoms with Crippen LogP contribution in [0.5, 0.6) is 0 Å². The van der Waals surface area contributed by atoms with Crippen molar-refractivity contribution in [3.63, 3.8) is 0 Å². The summed E-state index contributed by atoms with van der Waals surface area (Å²) in [5.74, 6) is -0.294. The number of anilines is 1. The molecular weight excluding hydrogens is 231 g/mol. The van der Waals surface area contributed by atoms with E-state index in [0.29, 0.717) is 5.69 Å². The first kappa shape index (κ1) is 11.6. The maximum absolute atomic E-state index is 13.0. The summed E-state index contributed by atoms with van der Waals surface area (Å²) in [6.45, 7) is 0. The summed E-state index contributed by atoms with van der Waals surface area (Å²) in [6, 6.07) is 12.9. The second-order valence-corrected chi connectivity index (χ2v) is 3.50. The van der Waals surface area contributed by atoms with E-state index < -0.39 is 0 Å². The molecule has 0 aromatic heterocycles. The smallest absolute Gasteiger partial charge is 0.237 e. The van der Waals surface area contributed by atoms with Crippen LogP contribution in [0.4, 0.5) is 10.1 Å². The third-order valence-electron chi connectivity index (χ3n) is 2.31. The third kappa shape index (κ3) is 2.42. The molecule has 5 heteroatoms. The number of nitrogens with zero attached hydrogens (tertiary/aromatic N) is 3. The van der Waals surface area contributed by atoms with Gasteiger partial charge in [-0.1, -0.05) is 12.1 Å². The Morgan fingerprint density at radius 2 is 1.72 bits per heavy atom. The summed E-state index contributed by atoms with van der Waals surface area (Å²) in [7, 11) is 0. The van der Waals surface area contributed by atoms with Gasteiger partial charge < -0.3 is 0 Å². The van der Waals surface area contributed by atoms with E-state index in [0.717, 1.165) is 10.8 Å². The Hall–Kier alpha value is -2.92. The van der Waals surface area contributed by atoms with Gasteiger partial charge in [-0.05, 0) is 35.0 Å². The number of hydrogen-bond acceptors (Lipinski definition) is 4. The average Bonchev–Trinajstić information content (AvgIpc) is 2.40. The van der Waals surface area contributed by atoms with Crippen LogP contribution in [0.1, 0.15) is 0 Å². The Morgan fingerprint density at radius 1 is 1.06 bits per heavy atom. The summed E-state index contributed by atoms with van der Waals surface area (Å²) >= 11 is 0. The van der Waals surface area contributed by atoms with Gasteiger partial charge in [-0.15, -0.1) is 0 Å². The standard InChI is InChI=1S/C13H7FN4/c14-11-3-1-10-6-12(4-2-9(10)5-11)17-18-13(7-15)8-16/h1-6,17H. The fourth-order valence-corrected chi connectivity index (χ4v) is 1.48. The normalized spacial score (nSPS) is 9.28. The minimum Gasteiger partial charge on any atom is -0.276 e. The Bertz CT molecular complexity index is 691. The number of nitriles is 2. The maximum Gasteiger partial charge on any atom is 0.237 e. The number of hydrogen-bond donors (Lipinski definition) is 1. The highest BCUT2D eigenvalue weighted by molar-refractivity contribution is 6.10. The zero-order valence-electron chi connectivity index (χ0n) is 9.18. The lowest BCUT2D eigenvalue weighted by Crippen LogP contribution is -1.96. The van der Waals surface area contributed by atoms with Crippen molar-refractivity contribution in [1.82, 2.24) is 0 Å².